The van der Waals surface area contributed by atoms with Crippen molar-refractivity contribution < 1.29 is 4.79 Å². The molecule has 2 rings (SSSR count). The van der Waals surface area contributed by atoms with E-state index in [2.05, 4.69) is 0 Å². The molecule has 2 aromatic carbocycles. The maximum Gasteiger partial charge on any atom is 0.168 e. The molecule has 0 bridgehead atoms. The van der Waals surface area contributed by atoms with Crippen LogP contribution in [0.4, 0.5) is 0 Å². The molecule has 0 N–H and O–H groups in total. The van der Waals surface area contributed by atoms with Crippen LogP contribution in [0.5, 0.6) is 0 Å². The lowest BCUT2D eigenvalue weighted by molar-refractivity contribution is 0.0993. The van der Waals surface area contributed by atoms with Crippen molar-refractivity contribution >= 4 is 40.6 Å². The van der Waals surface area contributed by atoms with Crippen LogP contribution >= 0.6 is 34.8 Å². The van der Waals surface area contributed by atoms with Gasteiger partial charge in [-0.15, -0.1) is 0 Å². The fourth-order valence-corrected chi connectivity index (χ4v) is 2.60. The first-order valence-corrected chi connectivity index (χ1v) is 6.84. The number of Topliss-reactive ketones (excluding diaryl/α,β-unsaturated/α-hetero) is 1. The van der Waals surface area contributed by atoms with Gasteiger partial charge in [0.05, 0.1) is 5.02 Å². The van der Waals surface area contributed by atoms with Gasteiger partial charge in [-0.1, -0.05) is 46.9 Å². The Kier molecular flexibility index (Phi) is 4.51. The summed E-state index contributed by atoms with van der Waals surface area (Å²) in [6.07, 6.45) is 0.207. The predicted molar refractivity (Wildman–Crippen MR) is 80.7 cm³/mol. The molecule has 0 amide bonds. The second-order valence-electron chi connectivity index (χ2n) is 4.32. The zero-order valence-electron chi connectivity index (χ0n) is 10.2. The Morgan fingerprint density at radius 2 is 1.74 bits per heavy atom. The summed E-state index contributed by atoms with van der Waals surface area (Å²) in [5.74, 6) is -0.0609. The van der Waals surface area contributed by atoms with Gasteiger partial charge >= 0.3 is 0 Å². The predicted octanol–water partition coefficient (Wildman–Crippen LogP) is 5.38. The molecule has 0 aliphatic heterocycles. The van der Waals surface area contributed by atoms with Crippen LogP contribution in [0.3, 0.4) is 0 Å². The average molecular weight is 314 g/mol. The summed E-state index contributed by atoms with van der Waals surface area (Å²) in [6.45, 7) is 1.93. The summed E-state index contributed by atoms with van der Waals surface area (Å²) in [7, 11) is 0. The number of carbonyl (C=O) groups is 1. The highest BCUT2D eigenvalue weighted by Crippen LogP contribution is 2.24. The molecule has 0 heterocycles. The fourth-order valence-electron chi connectivity index (χ4n) is 1.78. The smallest absolute Gasteiger partial charge is 0.168 e. The van der Waals surface area contributed by atoms with E-state index < -0.39 is 0 Å². The monoisotopic (exact) mass is 312 g/mol. The van der Waals surface area contributed by atoms with Gasteiger partial charge in [0.1, 0.15) is 0 Å². The number of hydrogen-bond donors (Lipinski definition) is 0. The van der Waals surface area contributed by atoms with Crippen molar-refractivity contribution in [3.8, 4) is 0 Å². The second kappa shape index (κ2) is 5.96. The van der Waals surface area contributed by atoms with Crippen LogP contribution in [0.15, 0.2) is 36.4 Å². The van der Waals surface area contributed by atoms with Crippen molar-refractivity contribution in [1.82, 2.24) is 0 Å². The SMILES string of the molecule is Cc1ccc(C(=O)Cc2ccc(Cl)cc2Cl)c(Cl)c1. The molecule has 98 valence electrons. The van der Waals surface area contributed by atoms with Crippen LogP contribution in [0.2, 0.25) is 15.1 Å². The van der Waals surface area contributed by atoms with E-state index in [1.54, 1.807) is 30.3 Å². The number of halogens is 3. The minimum absolute atomic E-state index is 0.0609. The van der Waals surface area contributed by atoms with Gasteiger partial charge in [-0.3, -0.25) is 4.79 Å². The molecule has 0 radical (unpaired) electrons. The first kappa shape index (κ1) is 14.4. The lowest BCUT2D eigenvalue weighted by Crippen LogP contribution is -2.05. The third-order valence-corrected chi connectivity index (χ3v) is 3.69. The number of carbonyl (C=O) groups excluding carboxylic acids is 1. The van der Waals surface area contributed by atoms with E-state index in [0.717, 1.165) is 11.1 Å². The molecule has 0 saturated heterocycles. The van der Waals surface area contributed by atoms with Crippen molar-refractivity contribution in [3.05, 3.63) is 68.2 Å². The molecular weight excluding hydrogens is 303 g/mol. The van der Waals surface area contributed by atoms with E-state index >= 15 is 0 Å². The highest BCUT2D eigenvalue weighted by molar-refractivity contribution is 6.35. The van der Waals surface area contributed by atoms with E-state index in [0.29, 0.717) is 20.6 Å². The zero-order valence-corrected chi connectivity index (χ0v) is 12.5. The highest BCUT2D eigenvalue weighted by atomic mass is 35.5. The van der Waals surface area contributed by atoms with E-state index in [1.807, 2.05) is 13.0 Å². The maximum atomic E-state index is 12.2. The molecule has 1 nitrogen and oxygen atoms in total. The fraction of sp³-hybridized carbons (Fsp3) is 0.133. The van der Waals surface area contributed by atoms with Crippen molar-refractivity contribution in [2.45, 2.75) is 13.3 Å². The van der Waals surface area contributed by atoms with Crippen LogP contribution in [-0.4, -0.2) is 5.78 Å². The minimum Gasteiger partial charge on any atom is -0.294 e. The molecule has 4 heteroatoms. The van der Waals surface area contributed by atoms with E-state index in [-0.39, 0.29) is 12.2 Å². The number of hydrogen-bond acceptors (Lipinski definition) is 1. The van der Waals surface area contributed by atoms with Gasteiger partial charge in [-0.25, -0.2) is 0 Å². The average Bonchev–Trinajstić information content (AvgIpc) is 2.32. The zero-order chi connectivity index (χ0) is 14.0. The van der Waals surface area contributed by atoms with E-state index in [9.17, 15) is 4.79 Å². The van der Waals surface area contributed by atoms with Crippen LogP contribution in [0.1, 0.15) is 21.5 Å². The number of rotatable bonds is 3. The second-order valence-corrected chi connectivity index (χ2v) is 5.57. The van der Waals surface area contributed by atoms with Gasteiger partial charge in [-0.2, -0.15) is 0 Å². The molecule has 0 aromatic heterocycles. The summed E-state index contributed by atoms with van der Waals surface area (Å²) in [6, 6.07) is 10.5. The Morgan fingerprint density at radius 3 is 2.37 bits per heavy atom. The molecule has 2 aromatic rings. The van der Waals surface area contributed by atoms with Gasteiger partial charge in [0.25, 0.3) is 0 Å². The molecule has 0 aliphatic rings. The minimum atomic E-state index is -0.0609. The maximum absolute atomic E-state index is 12.2. The first-order valence-electron chi connectivity index (χ1n) is 5.70. The Hall–Kier alpha value is -1.02. The van der Waals surface area contributed by atoms with Gasteiger partial charge < -0.3 is 0 Å². The van der Waals surface area contributed by atoms with Crippen molar-refractivity contribution in [1.29, 1.82) is 0 Å². The molecule has 0 atom stereocenters. The lowest BCUT2D eigenvalue weighted by Gasteiger charge is -2.06. The summed E-state index contributed by atoms with van der Waals surface area (Å²) < 4.78 is 0. The molecule has 0 unspecified atom stereocenters. The van der Waals surface area contributed by atoms with Crippen molar-refractivity contribution in [3.63, 3.8) is 0 Å². The third kappa shape index (κ3) is 3.50. The quantitative estimate of drug-likeness (QED) is 0.695. The van der Waals surface area contributed by atoms with Gasteiger partial charge in [-0.05, 0) is 42.3 Å². The van der Waals surface area contributed by atoms with Crippen LogP contribution in [0.25, 0.3) is 0 Å². The lowest BCUT2D eigenvalue weighted by atomic mass is 10.0. The first-order chi connectivity index (χ1) is 8.97. The molecule has 0 spiro atoms. The molecular formula is C15H11Cl3O. The van der Waals surface area contributed by atoms with Crippen LogP contribution in [0, 0.1) is 6.92 Å². The summed E-state index contributed by atoms with van der Waals surface area (Å²) in [4.78, 5) is 12.2. The Balaban J connectivity index is 2.25. The third-order valence-electron chi connectivity index (χ3n) is 2.79. The van der Waals surface area contributed by atoms with Crippen molar-refractivity contribution in [2.75, 3.05) is 0 Å². The van der Waals surface area contributed by atoms with E-state index in [1.165, 1.54) is 0 Å². The molecule has 0 saturated carbocycles. The van der Waals surface area contributed by atoms with Gasteiger partial charge in [0.2, 0.25) is 0 Å². The largest absolute Gasteiger partial charge is 0.294 e. The Bertz CT molecular complexity index is 635. The molecule has 0 fully saturated rings. The number of ketones is 1. The van der Waals surface area contributed by atoms with Crippen molar-refractivity contribution in [2.24, 2.45) is 0 Å². The molecule has 19 heavy (non-hydrogen) atoms. The molecule has 0 aliphatic carbocycles. The van der Waals surface area contributed by atoms with Crippen LogP contribution < -0.4 is 0 Å². The normalized spacial score (nSPS) is 10.5. The van der Waals surface area contributed by atoms with E-state index in [4.69, 9.17) is 34.8 Å². The highest BCUT2D eigenvalue weighted by Gasteiger charge is 2.13. The van der Waals surface area contributed by atoms with Crippen LogP contribution in [-0.2, 0) is 6.42 Å². The summed E-state index contributed by atoms with van der Waals surface area (Å²) >= 11 is 18.0. The number of benzene rings is 2. The summed E-state index contributed by atoms with van der Waals surface area (Å²) in [5, 5.41) is 1.51. The van der Waals surface area contributed by atoms with Gasteiger partial charge in [0.15, 0.2) is 5.78 Å². The Labute approximate surface area is 127 Å². The van der Waals surface area contributed by atoms with Gasteiger partial charge in [0, 0.05) is 22.0 Å². The summed E-state index contributed by atoms with van der Waals surface area (Å²) in [5.41, 5.74) is 2.28. The topological polar surface area (TPSA) is 17.1 Å². The number of aryl methyl sites for hydroxylation is 1. The standard InChI is InChI=1S/C15H11Cl3O/c1-9-2-5-12(14(18)6-9)15(19)7-10-3-4-11(16)8-13(10)17/h2-6,8H,7H2,1H3. The Morgan fingerprint density at radius 1 is 1.00 bits per heavy atom.